The molecule has 0 bridgehead atoms. The van der Waals surface area contributed by atoms with Crippen LogP contribution in [0.2, 0.25) is 5.02 Å². The Morgan fingerprint density at radius 2 is 2.19 bits per heavy atom. The summed E-state index contributed by atoms with van der Waals surface area (Å²) < 4.78 is 0. The average Bonchev–Trinajstić information content (AvgIpc) is 3.22. The largest absolute Gasteiger partial charge is 0.326 e. The average molecular weight is 386 g/mol. The highest BCUT2D eigenvalue weighted by Crippen LogP contribution is 2.26. The van der Waals surface area contributed by atoms with E-state index in [2.05, 4.69) is 34.5 Å². The van der Waals surface area contributed by atoms with E-state index in [1.165, 1.54) is 0 Å². The summed E-state index contributed by atoms with van der Waals surface area (Å²) in [5, 5.41) is 17.0. The van der Waals surface area contributed by atoms with E-state index >= 15 is 0 Å². The molecule has 0 amide bonds. The molecular weight excluding hydrogens is 366 g/mol. The predicted octanol–water partition coefficient (Wildman–Crippen LogP) is 3.76. The second kappa shape index (κ2) is 7.31. The van der Waals surface area contributed by atoms with Gasteiger partial charge in [0.25, 0.3) is 0 Å². The van der Waals surface area contributed by atoms with E-state index in [9.17, 15) is 0 Å². The van der Waals surface area contributed by atoms with Crippen LogP contribution in [0.1, 0.15) is 16.8 Å². The van der Waals surface area contributed by atoms with Crippen LogP contribution in [0.15, 0.2) is 47.6 Å². The fourth-order valence-corrected chi connectivity index (χ4v) is 4.25. The van der Waals surface area contributed by atoms with Crippen molar-refractivity contribution in [2.24, 2.45) is 10.8 Å². The quantitative estimate of drug-likeness (QED) is 0.701. The zero-order valence-electron chi connectivity index (χ0n) is 14.4. The molecule has 3 aromatic rings. The number of nitrogens with zero attached hydrogens (tertiary/aromatic N) is 3. The molecule has 5 nitrogen and oxygen atoms in total. The van der Waals surface area contributed by atoms with Gasteiger partial charge in [0, 0.05) is 22.0 Å². The third-order valence-electron chi connectivity index (χ3n) is 4.42. The fourth-order valence-electron chi connectivity index (χ4n) is 3.14. The molecule has 3 N–H and O–H groups in total. The van der Waals surface area contributed by atoms with Crippen LogP contribution in [0.25, 0.3) is 10.9 Å². The van der Waals surface area contributed by atoms with Gasteiger partial charge in [0.15, 0.2) is 0 Å². The number of aryl methyl sites for hydroxylation is 1. The summed E-state index contributed by atoms with van der Waals surface area (Å²) in [6.07, 6.45) is 0.784. The second-order valence-electron chi connectivity index (χ2n) is 6.53. The summed E-state index contributed by atoms with van der Waals surface area (Å²) in [7, 11) is 0. The molecule has 134 valence electrons. The minimum atomic E-state index is 0.00997. The van der Waals surface area contributed by atoms with Gasteiger partial charge in [0.1, 0.15) is 5.04 Å². The number of aromatic amines is 1. The van der Waals surface area contributed by atoms with Gasteiger partial charge in [-0.1, -0.05) is 41.6 Å². The standard InChI is InChI=1S/C19H20ClN5S/c1-12-17-9-14(5-6-18(17)23-22-12)19-24-25(11-26-19)10-16(21)8-13-3-2-4-15(20)7-13/h2-7,9,16H,8,10-11,21H2,1H3,(H,22,23)/t16-/m0/s1. The lowest BCUT2D eigenvalue weighted by Crippen LogP contribution is -2.35. The molecule has 7 heteroatoms. The van der Waals surface area contributed by atoms with Crippen molar-refractivity contribution in [2.75, 3.05) is 12.4 Å². The Morgan fingerprint density at radius 1 is 1.31 bits per heavy atom. The van der Waals surface area contributed by atoms with Crippen molar-refractivity contribution in [1.29, 1.82) is 0 Å². The Kier molecular flexibility index (Phi) is 4.89. The summed E-state index contributed by atoms with van der Waals surface area (Å²) in [6.45, 7) is 2.73. The maximum absolute atomic E-state index is 6.32. The van der Waals surface area contributed by atoms with Gasteiger partial charge in [-0.25, -0.2) is 0 Å². The molecule has 0 radical (unpaired) electrons. The van der Waals surface area contributed by atoms with E-state index in [0.717, 1.165) is 56.6 Å². The summed E-state index contributed by atoms with van der Waals surface area (Å²) in [5.41, 5.74) is 10.7. The lowest BCUT2D eigenvalue weighted by molar-refractivity contribution is 0.320. The van der Waals surface area contributed by atoms with Gasteiger partial charge in [0.2, 0.25) is 0 Å². The molecule has 2 heterocycles. The Hall–Kier alpha value is -2.02. The van der Waals surface area contributed by atoms with E-state index in [-0.39, 0.29) is 6.04 Å². The maximum Gasteiger partial charge on any atom is 0.125 e. The Balaban J connectivity index is 1.44. The molecule has 0 saturated carbocycles. The normalized spacial score (nSPS) is 15.5. The van der Waals surface area contributed by atoms with Crippen molar-refractivity contribution in [3.05, 3.63) is 64.3 Å². The van der Waals surface area contributed by atoms with Crippen LogP contribution in [0.3, 0.4) is 0 Å². The molecule has 2 aromatic carbocycles. The first kappa shape index (κ1) is 17.4. The monoisotopic (exact) mass is 385 g/mol. The molecule has 1 aliphatic heterocycles. The van der Waals surface area contributed by atoms with E-state index in [1.54, 1.807) is 11.8 Å². The number of benzene rings is 2. The van der Waals surface area contributed by atoms with Gasteiger partial charge in [-0.15, -0.1) is 0 Å². The number of thioether (sulfide) groups is 1. The minimum Gasteiger partial charge on any atom is -0.326 e. The summed E-state index contributed by atoms with van der Waals surface area (Å²) >= 11 is 7.79. The molecule has 1 aliphatic rings. The van der Waals surface area contributed by atoms with Crippen LogP contribution in [-0.4, -0.2) is 38.7 Å². The molecule has 1 atom stereocenters. The van der Waals surface area contributed by atoms with Gasteiger partial charge >= 0.3 is 0 Å². The third-order valence-corrected chi connectivity index (χ3v) is 5.67. The Morgan fingerprint density at radius 3 is 3.04 bits per heavy atom. The van der Waals surface area contributed by atoms with E-state index < -0.39 is 0 Å². The first-order valence-corrected chi connectivity index (χ1v) is 9.86. The zero-order valence-corrected chi connectivity index (χ0v) is 16.0. The van der Waals surface area contributed by atoms with Gasteiger partial charge in [-0.3, -0.25) is 10.1 Å². The highest BCUT2D eigenvalue weighted by atomic mass is 35.5. The molecular formula is C19H20ClN5S. The minimum absolute atomic E-state index is 0.00997. The first-order valence-electron chi connectivity index (χ1n) is 8.50. The number of aromatic nitrogens is 2. The van der Waals surface area contributed by atoms with Crippen LogP contribution in [0, 0.1) is 6.92 Å². The van der Waals surface area contributed by atoms with Crippen LogP contribution < -0.4 is 5.73 Å². The number of nitrogens with one attached hydrogen (secondary N) is 1. The number of H-pyrrole nitrogens is 1. The lowest BCUT2D eigenvalue weighted by Gasteiger charge is -2.18. The molecule has 4 rings (SSSR count). The van der Waals surface area contributed by atoms with Gasteiger partial charge in [-0.05, 0) is 43.2 Å². The molecule has 1 aromatic heterocycles. The Bertz CT molecular complexity index is 967. The van der Waals surface area contributed by atoms with Crippen molar-refractivity contribution >= 4 is 39.3 Å². The van der Waals surface area contributed by atoms with Crippen molar-refractivity contribution < 1.29 is 0 Å². The third kappa shape index (κ3) is 3.72. The van der Waals surface area contributed by atoms with Crippen molar-refractivity contribution in [3.63, 3.8) is 0 Å². The van der Waals surface area contributed by atoms with E-state index in [1.807, 2.05) is 30.1 Å². The number of hydrogen-bond donors (Lipinski definition) is 2. The van der Waals surface area contributed by atoms with E-state index in [0.29, 0.717) is 0 Å². The zero-order chi connectivity index (χ0) is 18.1. The molecule has 0 saturated heterocycles. The number of fused-ring (bicyclic) bond motifs is 1. The fraction of sp³-hybridized carbons (Fsp3) is 0.263. The number of nitrogens with two attached hydrogens (primary N) is 1. The predicted molar refractivity (Wildman–Crippen MR) is 110 cm³/mol. The highest BCUT2D eigenvalue weighted by molar-refractivity contribution is 8.14. The molecule has 0 spiro atoms. The molecule has 0 fully saturated rings. The van der Waals surface area contributed by atoms with Crippen molar-refractivity contribution in [1.82, 2.24) is 15.2 Å². The van der Waals surface area contributed by atoms with Crippen LogP contribution in [-0.2, 0) is 6.42 Å². The van der Waals surface area contributed by atoms with Gasteiger partial charge in [0.05, 0.1) is 23.6 Å². The number of halogens is 1. The SMILES string of the molecule is Cc1n[nH]c2ccc(C3=NN(C[C@@H](N)Cc4cccc(Cl)c4)CS3)cc12. The summed E-state index contributed by atoms with van der Waals surface area (Å²) in [4.78, 5) is 0. The lowest BCUT2D eigenvalue weighted by atomic mass is 10.1. The number of hydrogen-bond acceptors (Lipinski definition) is 5. The second-order valence-corrected chi connectivity index (χ2v) is 7.90. The van der Waals surface area contributed by atoms with Gasteiger partial charge in [-0.2, -0.15) is 10.2 Å². The topological polar surface area (TPSA) is 70.3 Å². The van der Waals surface area contributed by atoms with Crippen molar-refractivity contribution in [3.8, 4) is 0 Å². The molecule has 0 unspecified atom stereocenters. The molecule has 26 heavy (non-hydrogen) atoms. The summed E-state index contributed by atoms with van der Waals surface area (Å²) in [6, 6.07) is 14.2. The first-order chi connectivity index (χ1) is 12.6. The smallest absolute Gasteiger partial charge is 0.125 e. The van der Waals surface area contributed by atoms with E-state index in [4.69, 9.17) is 22.4 Å². The van der Waals surface area contributed by atoms with Crippen molar-refractivity contribution in [2.45, 2.75) is 19.4 Å². The number of rotatable bonds is 5. The van der Waals surface area contributed by atoms with Crippen LogP contribution >= 0.6 is 23.4 Å². The Labute approximate surface area is 161 Å². The van der Waals surface area contributed by atoms with Crippen LogP contribution in [0.4, 0.5) is 0 Å². The van der Waals surface area contributed by atoms with Gasteiger partial charge < -0.3 is 5.73 Å². The number of hydrazone groups is 1. The highest BCUT2D eigenvalue weighted by Gasteiger charge is 2.19. The van der Waals surface area contributed by atoms with Crippen LogP contribution in [0.5, 0.6) is 0 Å². The molecule has 0 aliphatic carbocycles. The summed E-state index contributed by atoms with van der Waals surface area (Å²) in [5.74, 6) is 0.820. The maximum atomic E-state index is 6.32.